The minimum Gasteiger partial charge on any atom is -0.302 e. The summed E-state index contributed by atoms with van der Waals surface area (Å²) in [6.45, 7) is 4.10. The average molecular weight is 429 g/mol. The lowest BCUT2D eigenvalue weighted by Crippen LogP contribution is -2.23. The first-order valence-electron chi connectivity index (χ1n) is 8.89. The number of hydrogen-bond donors (Lipinski definition) is 1. The summed E-state index contributed by atoms with van der Waals surface area (Å²) < 4.78 is 14.8. The van der Waals surface area contributed by atoms with Crippen molar-refractivity contribution >= 4 is 43.9 Å². The fraction of sp³-hybridized carbons (Fsp3) is 0.200. The number of anilines is 1. The predicted octanol–water partition coefficient (Wildman–Crippen LogP) is 4.37. The summed E-state index contributed by atoms with van der Waals surface area (Å²) in [7, 11) is 0. The maximum Gasteiger partial charge on any atom is 0.262 e. The second kappa shape index (κ2) is 7.84. The molecule has 0 fully saturated rings. The van der Waals surface area contributed by atoms with Gasteiger partial charge in [0.1, 0.15) is 10.6 Å². The highest BCUT2D eigenvalue weighted by Crippen LogP contribution is 2.26. The molecule has 0 aliphatic heterocycles. The van der Waals surface area contributed by atoms with Crippen molar-refractivity contribution in [1.82, 2.24) is 14.5 Å². The number of nitrogens with one attached hydrogen (secondary N) is 1. The Labute approximate surface area is 173 Å². The number of aromatic nitrogens is 3. The number of nitrogens with zero attached hydrogens (tertiary/aromatic N) is 3. The summed E-state index contributed by atoms with van der Waals surface area (Å²) in [5.41, 5.74) is 2.05. The van der Waals surface area contributed by atoms with Crippen molar-refractivity contribution in [3.8, 4) is 11.3 Å². The van der Waals surface area contributed by atoms with E-state index < -0.39 is 0 Å². The number of hydrogen-bond acceptors (Lipinski definition) is 6. The zero-order valence-corrected chi connectivity index (χ0v) is 17.4. The molecule has 29 heavy (non-hydrogen) atoms. The first-order valence-corrected chi connectivity index (χ1v) is 10.6. The highest BCUT2D eigenvalue weighted by atomic mass is 32.1. The first-order chi connectivity index (χ1) is 13.9. The van der Waals surface area contributed by atoms with Crippen molar-refractivity contribution in [2.24, 2.45) is 0 Å². The normalized spacial score (nSPS) is 11.1. The van der Waals surface area contributed by atoms with Crippen molar-refractivity contribution in [2.45, 2.75) is 26.8 Å². The molecule has 1 aromatic carbocycles. The van der Waals surface area contributed by atoms with Crippen molar-refractivity contribution in [3.05, 3.63) is 62.6 Å². The molecule has 4 rings (SSSR count). The number of thiazole rings is 1. The minimum atomic E-state index is -0.340. The predicted molar refractivity (Wildman–Crippen MR) is 114 cm³/mol. The number of halogens is 1. The lowest BCUT2D eigenvalue weighted by molar-refractivity contribution is -0.116. The van der Waals surface area contributed by atoms with Gasteiger partial charge in [0.2, 0.25) is 5.91 Å². The van der Waals surface area contributed by atoms with Gasteiger partial charge in [-0.2, -0.15) is 0 Å². The second-order valence-electron chi connectivity index (χ2n) is 6.55. The van der Waals surface area contributed by atoms with Crippen LogP contribution in [0.1, 0.15) is 16.9 Å². The van der Waals surface area contributed by atoms with Gasteiger partial charge in [0.15, 0.2) is 5.13 Å². The summed E-state index contributed by atoms with van der Waals surface area (Å²) in [4.78, 5) is 35.4. The maximum atomic E-state index is 13.4. The second-order valence-corrected chi connectivity index (χ2v) is 8.61. The van der Waals surface area contributed by atoms with E-state index in [1.807, 2.05) is 13.8 Å². The minimum absolute atomic E-state index is 0.115. The number of carbonyl (C=O) groups excluding carboxylic acids is 1. The number of aryl methyl sites for hydroxylation is 3. The number of amides is 1. The molecule has 4 aromatic rings. The van der Waals surface area contributed by atoms with Gasteiger partial charge in [0.25, 0.3) is 5.56 Å². The molecule has 0 atom stereocenters. The van der Waals surface area contributed by atoms with Crippen molar-refractivity contribution in [2.75, 3.05) is 5.32 Å². The molecular weight excluding hydrogens is 411 g/mol. The van der Waals surface area contributed by atoms with Gasteiger partial charge < -0.3 is 5.32 Å². The quantitative estimate of drug-likeness (QED) is 0.512. The van der Waals surface area contributed by atoms with Crippen LogP contribution in [0.2, 0.25) is 0 Å². The number of fused-ring (bicyclic) bond motifs is 1. The highest BCUT2D eigenvalue weighted by molar-refractivity contribution is 7.18. The van der Waals surface area contributed by atoms with Gasteiger partial charge in [-0.05, 0) is 31.5 Å². The van der Waals surface area contributed by atoms with Gasteiger partial charge in [-0.15, -0.1) is 22.7 Å². The molecule has 3 aromatic heterocycles. The Hall–Kier alpha value is -2.91. The van der Waals surface area contributed by atoms with Gasteiger partial charge in [-0.3, -0.25) is 14.2 Å². The lowest BCUT2D eigenvalue weighted by atomic mass is 10.2. The van der Waals surface area contributed by atoms with Gasteiger partial charge in [-0.1, -0.05) is 12.1 Å². The number of carbonyl (C=O) groups is 1. The molecule has 3 heterocycles. The van der Waals surface area contributed by atoms with Crippen LogP contribution in [0.4, 0.5) is 9.52 Å². The molecular formula is C20H17FN4O2S2. The van der Waals surface area contributed by atoms with Crippen molar-refractivity contribution < 1.29 is 9.18 Å². The van der Waals surface area contributed by atoms with Crippen molar-refractivity contribution in [1.29, 1.82) is 0 Å². The summed E-state index contributed by atoms with van der Waals surface area (Å²) >= 11 is 2.76. The summed E-state index contributed by atoms with van der Waals surface area (Å²) in [5.74, 6) is -0.594. The number of rotatable bonds is 5. The molecule has 9 heteroatoms. The van der Waals surface area contributed by atoms with Crippen LogP contribution in [0, 0.1) is 19.7 Å². The monoisotopic (exact) mass is 428 g/mol. The molecule has 6 nitrogen and oxygen atoms in total. The van der Waals surface area contributed by atoms with E-state index in [2.05, 4.69) is 15.3 Å². The van der Waals surface area contributed by atoms with Crippen LogP contribution < -0.4 is 10.9 Å². The van der Waals surface area contributed by atoms with E-state index in [0.717, 1.165) is 15.3 Å². The third-order valence-electron chi connectivity index (χ3n) is 4.61. The molecule has 0 saturated heterocycles. The number of thiophene rings is 1. The van der Waals surface area contributed by atoms with Crippen LogP contribution >= 0.6 is 22.7 Å². The van der Waals surface area contributed by atoms with E-state index in [-0.39, 0.29) is 30.2 Å². The number of benzene rings is 1. The Morgan fingerprint density at radius 1 is 1.31 bits per heavy atom. The van der Waals surface area contributed by atoms with E-state index >= 15 is 0 Å². The SMILES string of the molecule is Cc1sc2ncn(CCC(=O)Nc3nc(-c4cccc(F)c4)cs3)c(=O)c2c1C. The Morgan fingerprint density at radius 2 is 2.14 bits per heavy atom. The molecule has 0 unspecified atom stereocenters. The summed E-state index contributed by atoms with van der Waals surface area (Å²) in [5, 5.41) is 5.54. The zero-order chi connectivity index (χ0) is 20.5. The van der Waals surface area contributed by atoms with Crippen LogP contribution in [-0.2, 0) is 11.3 Å². The molecule has 1 amide bonds. The molecule has 0 aliphatic rings. The zero-order valence-electron chi connectivity index (χ0n) is 15.7. The molecule has 0 radical (unpaired) electrons. The van der Waals surface area contributed by atoms with Gasteiger partial charge >= 0.3 is 0 Å². The van der Waals surface area contributed by atoms with Crippen LogP contribution in [0.5, 0.6) is 0 Å². The Balaban J connectivity index is 1.43. The summed E-state index contributed by atoms with van der Waals surface area (Å²) in [6.07, 6.45) is 1.60. The Kier molecular flexibility index (Phi) is 5.25. The van der Waals surface area contributed by atoms with Gasteiger partial charge in [0.05, 0.1) is 17.4 Å². The molecule has 0 bridgehead atoms. The van der Waals surface area contributed by atoms with E-state index in [4.69, 9.17) is 0 Å². The van der Waals surface area contributed by atoms with Gasteiger partial charge in [0, 0.05) is 28.8 Å². The largest absolute Gasteiger partial charge is 0.302 e. The lowest BCUT2D eigenvalue weighted by Gasteiger charge is -2.05. The summed E-state index contributed by atoms with van der Waals surface area (Å²) in [6, 6.07) is 6.13. The molecule has 0 aliphatic carbocycles. The molecule has 0 spiro atoms. The van der Waals surface area contributed by atoms with Crippen LogP contribution in [0.15, 0.2) is 40.8 Å². The smallest absolute Gasteiger partial charge is 0.262 e. The van der Waals surface area contributed by atoms with E-state index in [1.54, 1.807) is 17.5 Å². The third-order valence-corrected chi connectivity index (χ3v) is 6.48. The van der Waals surface area contributed by atoms with Crippen LogP contribution in [0.3, 0.4) is 0 Å². The molecule has 0 saturated carbocycles. The van der Waals surface area contributed by atoms with E-state index in [9.17, 15) is 14.0 Å². The van der Waals surface area contributed by atoms with Crippen LogP contribution in [0.25, 0.3) is 21.5 Å². The molecule has 1 N–H and O–H groups in total. The van der Waals surface area contributed by atoms with Gasteiger partial charge in [-0.25, -0.2) is 14.4 Å². The van der Waals surface area contributed by atoms with Crippen LogP contribution in [-0.4, -0.2) is 20.4 Å². The molecule has 148 valence electrons. The average Bonchev–Trinajstić information content (AvgIpc) is 3.26. The van der Waals surface area contributed by atoms with E-state index in [1.165, 1.54) is 45.7 Å². The fourth-order valence-corrected chi connectivity index (χ4v) is 4.67. The Morgan fingerprint density at radius 3 is 2.93 bits per heavy atom. The topological polar surface area (TPSA) is 76.9 Å². The fourth-order valence-electron chi connectivity index (χ4n) is 2.94. The van der Waals surface area contributed by atoms with Crippen molar-refractivity contribution in [3.63, 3.8) is 0 Å². The Bertz CT molecular complexity index is 1280. The standard InChI is InChI=1S/C20H17FN4O2S2/c1-11-12(2)29-18-17(11)19(27)25(10-22-18)7-6-16(26)24-20-23-15(9-28-20)13-4-3-5-14(21)8-13/h3-5,8-10H,6-7H2,1-2H3,(H,23,24,26). The highest BCUT2D eigenvalue weighted by Gasteiger charge is 2.13. The third kappa shape index (κ3) is 3.96. The maximum absolute atomic E-state index is 13.4. The first kappa shape index (κ1) is 19.4. The van der Waals surface area contributed by atoms with E-state index in [0.29, 0.717) is 21.8 Å².